The molecule has 2 aromatic heterocycles. The van der Waals surface area contributed by atoms with E-state index >= 15 is 0 Å². The Hall–Kier alpha value is -3.12. The first-order valence-electron chi connectivity index (χ1n) is 8.65. The van der Waals surface area contributed by atoms with Gasteiger partial charge in [0, 0.05) is 18.5 Å². The predicted octanol–water partition coefficient (Wildman–Crippen LogP) is 2.97. The van der Waals surface area contributed by atoms with Crippen LogP contribution < -0.4 is 10.5 Å². The van der Waals surface area contributed by atoms with Crippen molar-refractivity contribution in [3.05, 3.63) is 65.0 Å². The molecule has 0 spiro atoms. The van der Waals surface area contributed by atoms with Crippen molar-refractivity contribution >= 4 is 28.0 Å². The normalized spacial score (nSPS) is 15.0. The van der Waals surface area contributed by atoms with Gasteiger partial charge in [-0.25, -0.2) is 9.55 Å². The molecule has 5 rings (SSSR count). The molecular weight excluding hydrogens is 330 g/mol. The molecule has 0 saturated carbocycles. The first kappa shape index (κ1) is 15.2. The zero-order chi connectivity index (χ0) is 17.5. The van der Waals surface area contributed by atoms with Crippen molar-refractivity contribution in [2.75, 3.05) is 31.2 Å². The molecule has 1 fully saturated rings. The molecule has 0 unspecified atom stereocenters. The van der Waals surface area contributed by atoms with Gasteiger partial charge in [-0.15, -0.1) is 0 Å². The van der Waals surface area contributed by atoms with E-state index < -0.39 is 0 Å². The summed E-state index contributed by atoms with van der Waals surface area (Å²) in [5.74, 6) is 0.628. The number of benzene rings is 2. The van der Waals surface area contributed by atoms with Gasteiger partial charge in [-0.05, 0) is 24.3 Å². The lowest BCUT2D eigenvalue weighted by atomic mass is 10.2. The van der Waals surface area contributed by atoms with Crippen molar-refractivity contribution in [3.8, 4) is 5.69 Å². The summed E-state index contributed by atoms with van der Waals surface area (Å²) >= 11 is 0. The summed E-state index contributed by atoms with van der Waals surface area (Å²) in [5.41, 5.74) is 2.14. The summed E-state index contributed by atoms with van der Waals surface area (Å²) in [5, 5.41) is 0.856. The highest BCUT2D eigenvalue weighted by molar-refractivity contribution is 6.02. The monoisotopic (exact) mass is 347 g/mol. The third kappa shape index (κ3) is 2.30. The molecule has 26 heavy (non-hydrogen) atoms. The number of aromatic nitrogens is 2. The molecule has 0 radical (unpaired) electrons. The SMILES string of the molecule is O=c1c2oc3ccccc3c2nc(N2CCOCC2)n1-c1ccccc1. The van der Waals surface area contributed by atoms with E-state index in [2.05, 4.69) is 4.90 Å². The van der Waals surface area contributed by atoms with Crippen LogP contribution in [-0.4, -0.2) is 35.9 Å². The second-order valence-electron chi connectivity index (χ2n) is 6.26. The number of ether oxygens (including phenoxy) is 1. The standard InChI is InChI=1S/C20H17N3O3/c24-19-18-17(15-8-4-5-9-16(15)26-18)21-20(22-10-12-25-13-11-22)23(19)14-6-2-1-3-7-14/h1-9H,10-13H2. The summed E-state index contributed by atoms with van der Waals surface area (Å²) < 4.78 is 12.9. The lowest BCUT2D eigenvalue weighted by Gasteiger charge is -2.29. The fourth-order valence-corrected chi connectivity index (χ4v) is 3.42. The topological polar surface area (TPSA) is 60.5 Å². The molecule has 1 aliphatic heterocycles. The summed E-state index contributed by atoms with van der Waals surface area (Å²) in [6, 6.07) is 17.2. The van der Waals surface area contributed by atoms with Crippen LogP contribution in [0.15, 0.2) is 63.8 Å². The van der Waals surface area contributed by atoms with Crippen molar-refractivity contribution in [1.29, 1.82) is 0 Å². The molecule has 0 amide bonds. The van der Waals surface area contributed by atoms with E-state index in [9.17, 15) is 4.79 Å². The summed E-state index contributed by atoms with van der Waals surface area (Å²) in [6.45, 7) is 2.63. The minimum absolute atomic E-state index is 0.195. The van der Waals surface area contributed by atoms with Gasteiger partial charge in [-0.3, -0.25) is 4.79 Å². The Labute approximate surface area is 149 Å². The van der Waals surface area contributed by atoms with Gasteiger partial charge in [0.05, 0.1) is 18.9 Å². The first-order chi connectivity index (χ1) is 12.8. The number of fused-ring (bicyclic) bond motifs is 3. The maximum atomic E-state index is 13.3. The zero-order valence-electron chi connectivity index (χ0n) is 14.1. The highest BCUT2D eigenvalue weighted by atomic mass is 16.5. The van der Waals surface area contributed by atoms with Gasteiger partial charge in [0.25, 0.3) is 0 Å². The number of hydrogen-bond acceptors (Lipinski definition) is 5. The van der Waals surface area contributed by atoms with Crippen molar-refractivity contribution in [1.82, 2.24) is 9.55 Å². The molecule has 1 aliphatic rings. The molecule has 130 valence electrons. The van der Waals surface area contributed by atoms with Crippen LogP contribution >= 0.6 is 0 Å². The van der Waals surface area contributed by atoms with Crippen LogP contribution in [-0.2, 0) is 4.74 Å². The Morgan fingerprint density at radius 2 is 1.65 bits per heavy atom. The van der Waals surface area contributed by atoms with E-state index in [-0.39, 0.29) is 11.1 Å². The smallest absolute Gasteiger partial charge is 0.303 e. The Balaban J connectivity index is 1.86. The number of anilines is 1. The molecule has 3 heterocycles. The first-order valence-corrected chi connectivity index (χ1v) is 8.65. The molecule has 6 nitrogen and oxygen atoms in total. The van der Waals surface area contributed by atoms with Gasteiger partial charge >= 0.3 is 5.56 Å². The molecule has 4 aromatic rings. The Bertz CT molecular complexity index is 1140. The zero-order valence-corrected chi connectivity index (χ0v) is 14.1. The van der Waals surface area contributed by atoms with Crippen molar-refractivity contribution < 1.29 is 9.15 Å². The van der Waals surface area contributed by atoms with Gasteiger partial charge in [-0.2, -0.15) is 0 Å². The Morgan fingerprint density at radius 3 is 2.46 bits per heavy atom. The predicted molar refractivity (Wildman–Crippen MR) is 100 cm³/mol. The Morgan fingerprint density at radius 1 is 0.923 bits per heavy atom. The van der Waals surface area contributed by atoms with E-state index in [1.807, 2.05) is 54.6 Å². The molecule has 0 atom stereocenters. The van der Waals surface area contributed by atoms with Crippen LogP contribution in [0.3, 0.4) is 0 Å². The molecule has 0 aliphatic carbocycles. The van der Waals surface area contributed by atoms with Crippen LogP contribution in [0.5, 0.6) is 0 Å². The van der Waals surface area contributed by atoms with E-state index in [0.29, 0.717) is 43.4 Å². The van der Waals surface area contributed by atoms with Crippen molar-refractivity contribution in [2.24, 2.45) is 0 Å². The van der Waals surface area contributed by atoms with Gasteiger partial charge in [0.2, 0.25) is 11.5 Å². The van der Waals surface area contributed by atoms with Crippen LogP contribution in [0.2, 0.25) is 0 Å². The minimum atomic E-state index is -0.195. The van der Waals surface area contributed by atoms with E-state index in [0.717, 1.165) is 11.1 Å². The quantitative estimate of drug-likeness (QED) is 0.558. The van der Waals surface area contributed by atoms with E-state index in [1.54, 1.807) is 4.57 Å². The summed E-state index contributed by atoms with van der Waals surface area (Å²) in [6.07, 6.45) is 0. The third-order valence-corrected chi connectivity index (χ3v) is 4.69. The number of furan rings is 1. The fraction of sp³-hybridized carbons (Fsp3) is 0.200. The number of nitrogens with zero attached hydrogens (tertiary/aromatic N) is 3. The van der Waals surface area contributed by atoms with Crippen LogP contribution in [0.1, 0.15) is 0 Å². The highest BCUT2D eigenvalue weighted by Gasteiger charge is 2.23. The maximum Gasteiger partial charge on any atom is 0.303 e. The van der Waals surface area contributed by atoms with Gasteiger partial charge in [0.1, 0.15) is 11.1 Å². The molecule has 1 saturated heterocycles. The fourth-order valence-electron chi connectivity index (χ4n) is 3.42. The van der Waals surface area contributed by atoms with Gasteiger partial charge < -0.3 is 14.1 Å². The maximum absolute atomic E-state index is 13.3. The molecule has 0 N–H and O–H groups in total. The van der Waals surface area contributed by atoms with Gasteiger partial charge in [0.15, 0.2) is 0 Å². The molecule has 2 aromatic carbocycles. The van der Waals surface area contributed by atoms with Crippen LogP contribution in [0, 0.1) is 0 Å². The molecule has 6 heteroatoms. The second-order valence-corrected chi connectivity index (χ2v) is 6.26. The largest absolute Gasteiger partial charge is 0.448 e. The molecular formula is C20H17N3O3. The minimum Gasteiger partial charge on any atom is -0.448 e. The lowest BCUT2D eigenvalue weighted by Crippen LogP contribution is -2.40. The lowest BCUT2D eigenvalue weighted by molar-refractivity contribution is 0.122. The Kier molecular flexibility index (Phi) is 3.50. The second kappa shape index (κ2) is 6.00. The summed E-state index contributed by atoms with van der Waals surface area (Å²) in [4.78, 5) is 20.3. The number of para-hydroxylation sites is 2. The van der Waals surface area contributed by atoms with Crippen LogP contribution in [0.25, 0.3) is 27.8 Å². The molecule has 0 bridgehead atoms. The van der Waals surface area contributed by atoms with E-state index in [4.69, 9.17) is 14.1 Å². The third-order valence-electron chi connectivity index (χ3n) is 4.69. The summed E-state index contributed by atoms with van der Waals surface area (Å²) in [7, 11) is 0. The number of rotatable bonds is 2. The average Bonchev–Trinajstić information content (AvgIpc) is 3.08. The highest BCUT2D eigenvalue weighted by Crippen LogP contribution is 2.28. The number of morpholine rings is 1. The van der Waals surface area contributed by atoms with Gasteiger partial charge in [-0.1, -0.05) is 30.3 Å². The van der Waals surface area contributed by atoms with E-state index in [1.165, 1.54) is 0 Å². The van der Waals surface area contributed by atoms with Crippen molar-refractivity contribution in [3.63, 3.8) is 0 Å². The van der Waals surface area contributed by atoms with Crippen LogP contribution in [0.4, 0.5) is 5.95 Å². The average molecular weight is 347 g/mol. The van der Waals surface area contributed by atoms with Crippen molar-refractivity contribution in [2.45, 2.75) is 0 Å². The number of hydrogen-bond donors (Lipinski definition) is 0.